The van der Waals surface area contributed by atoms with E-state index >= 15 is 0 Å². The first-order chi connectivity index (χ1) is 5.86. The Labute approximate surface area is 78.6 Å². The normalized spacial score (nSPS) is 24.4. The van der Waals surface area contributed by atoms with Crippen LogP contribution in [-0.4, -0.2) is 29.7 Å². The molecule has 4 nitrogen and oxygen atoms in total. The minimum Gasteiger partial charge on any atom is -0.432 e. The fourth-order valence-corrected chi connectivity index (χ4v) is 1.69. The van der Waals surface area contributed by atoms with E-state index in [0.717, 1.165) is 13.1 Å². The first-order valence-electron chi connectivity index (χ1n) is 3.76. The average Bonchev–Trinajstić information content (AvgIpc) is 2.56. The number of morpholine rings is 1. The zero-order chi connectivity index (χ0) is 8.39. The lowest BCUT2D eigenvalue weighted by Crippen LogP contribution is -2.40. The van der Waals surface area contributed by atoms with Gasteiger partial charge in [-0.25, -0.2) is 4.98 Å². The maximum atomic E-state index is 5.31. The number of ether oxygens (including phenoxy) is 1. The molecule has 1 saturated heterocycles. The summed E-state index contributed by atoms with van der Waals surface area (Å²) in [5.41, 5.74) is 0. The van der Waals surface area contributed by atoms with Crippen LogP contribution in [0, 0.1) is 0 Å². The molecular formula is C7H9BrN2O2. The van der Waals surface area contributed by atoms with Gasteiger partial charge >= 0.3 is 0 Å². The predicted molar refractivity (Wildman–Crippen MR) is 47.4 cm³/mol. The van der Waals surface area contributed by atoms with Gasteiger partial charge in [0.1, 0.15) is 11.3 Å². The largest absolute Gasteiger partial charge is 0.432 e. The van der Waals surface area contributed by atoms with E-state index in [9.17, 15) is 0 Å². The lowest BCUT2D eigenvalue weighted by molar-refractivity contribution is 0.100. The Morgan fingerprint density at radius 1 is 1.67 bits per heavy atom. The van der Waals surface area contributed by atoms with E-state index in [4.69, 9.17) is 9.15 Å². The van der Waals surface area contributed by atoms with Gasteiger partial charge in [0.05, 0.1) is 19.3 Å². The van der Waals surface area contributed by atoms with E-state index in [1.54, 1.807) is 12.5 Å². The van der Waals surface area contributed by atoms with E-state index in [0.29, 0.717) is 12.6 Å². The molecule has 0 aromatic carbocycles. The second-order valence-corrected chi connectivity index (χ2v) is 3.56. The van der Waals surface area contributed by atoms with Crippen LogP contribution in [0.2, 0.25) is 0 Å². The van der Waals surface area contributed by atoms with Crippen LogP contribution in [0.5, 0.6) is 0 Å². The molecule has 0 radical (unpaired) electrons. The summed E-state index contributed by atoms with van der Waals surface area (Å²) in [4.78, 5) is 6.10. The van der Waals surface area contributed by atoms with Gasteiger partial charge in [-0.1, -0.05) is 15.9 Å². The lowest BCUT2D eigenvalue weighted by Gasteiger charge is -2.28. The Balaban J connectivity index is 2.04. The van der Waals surface area contributed by atoms with Crippen LogP contribution < -0.4 is 4.90 Å². The highest BCUT2D eigenvalue weighted by Crippen LogP contribution is 2.17. The maximum absolute atomic E-state index is 5.31. The number of oxazole rings is 1. The van der Waals surface area contributed by atoms with Crippen molar-refractivity contribution in [3.8, 4) is 0 Å². The number of aromatic nitrogens is 1. The fraction of sp³-hybridized carbons (Fsp3) is 0.571. The van der Waals surface area contributed by atoms with Gasteiger partial charge in [0, 0.05) is 6.54 Å². The van der Waals surface area contributed by atoms with E-state index in [1.165, 1.54) is 0 Å². The minimum atomic E-state index is 0.0816. The molecule has 1 atom stereocenters. The highest BCUT2D eigenvalue weighted by molar-refractivity contribution is 9.09. The second-order valence-electron chi connectivity index (χ2n) is 2.54. The molecule has 5 heteroatoms. The summed E-state index contributed by atoms with van der Waals surface area (Å²) in [6.45, 7) is 2.32. The first kappa shape index (κ1) is 8.07. The van der Waals surface area contributed by atoms with Crippen LogP contribution in [-0.2, 0) is 4.74 Å². The molecule has 66 valence electrons. The molecule has 0 amide bonds. The topological polar surface area (TPSA) is 38.5 Å². The lowest BCUT2D eigenvalue weighted by atomic mass is 10.4. The van der Waals surface area contributed by atoms with Gasteiger partial charge in [0.15, 0.2) is 0 Å². The molecule has 2 rings (SSSR count). The van der Waals surface area contributed by atoms with Crippen LogP contribution in [0.4, 0.5) is 6.01 Å². The molecule has 1 aromatic rings. The molecule has 12 heavy (non-hydrogen) atoms. The minimum absolute atomic E-state index is 0.0816. The number of nitrogens with zero attached hydrogens (tertiary/aromatic N) is 2. The highest BCUT2D eigenvalue weighted by Gasteiger charge is 2.20. The predicted octanol–water partition coefficient (Wildman–Crippen LogP) is 1.23. The van der Waals surface area contributed by atoms with Crippen molar-refractivity contribution < 1.29 is 9.15 Å². The molecule has 2 heterocycles. The van der Waals surface area contributed by atoms with Crippen molar-refractivity contribution >= 4 is 21.9 Å². The molecule has 1 aromatic heterocycles. The van der Waals surface area contributed by atoms with Crippen LogP contribution in [0.3, 0.4) is 0 Å². The molecule has 1 unspecified atom stereocenters. The van der Waals surface area contributed by atoms with Crippen molar-refractivity contribution in [3.63, 3.8) is 0 Å². The fourth-order valence-electron chi connectivity index (χ4n) is 1.15. The van der Waals surface area contributed by atoms with Crippen molar-refractivity contribution in [1.82, 2.24) is 4.98 Å². The SMILES string of the molecule is BrC1CN(c2ncco2)CCO1. The standard InChI is InChI=1S/C7H9BrN2O2/c8-6-5-10(2-4-11-6)7-9-1-3-12-7/h1,3,6H,2,4-5H2. The Bertz CT molecular complexity index is 240. The zero-order valence-corrected chi connectivity index (χ0v) is 8.03. The summed E-state index contributed by atoms with van der Waals surface area (Å²) in [5, 5.41) is 0.0816. The van der Waals surface area contributed by atoms with Crippen LogP contribution >= 0.6 is 15.9 Å². The number of alkyl halides is 1. The van der Waals surface area contributed by atoms with Crippen molar-refractivity contribution in [1.29, 1.82) is 0 Å². The smallest absolute Gasteiger partial charge is 0.297 e. The number of rotatable bonds is 1. The average molecular weight is 233 g/mol. The maximum Gasteiger partial charge on any atom is 0.297 e. The van der Waals surface area contributed by atoms with Crippen LogP contribution in [0.25, 0.3) is 0 Å². The molecule has 1 aliphatic heterocycles. The quantitative estimate of drug-likeness (QED) is 0.684. The summed E-state index contributed by atoms with van der Waals surface area (Å²) in [5.74, 6) is 0. The van der Waals surface area contributed by atoms with Crippen LogP contribution in [0.15, 0.2) is 16.9 Å². The zero-order valence-electron chi connectivity index (χ0n) is 6.44. The van der Waals surface area contributed by atoms with Crippen molar-refractivity contribution in [2.24, 2.45) is 0 Å². The third kappa shape index (κ3) is 1.61. The number of anilines is 1. The summed E-state index contributed by atoms with van der Waals surface area (Å²) in [6.07, 6.45) is 3.22. The van der Waals surface area contributed by atoms with Gasteiger partial charge in [-0.3, -0.25) is 0 Å². The number of hydrogen-bond acceptors (Lipinski definition) is 4. The van der Waals surface area contributed by atoms with Crippen molar-refractivity contribution in [3.05, 3.63) is 12.5 Å². The number of halogens is 1. The molecule has 0 bridgehead atoms. The molecule has 1 fully saturated rings. The van der Waals surface area contributed by atoms with E-state index in [-0.39, 0.29) is 5.01 Å². The van der Waals surface area contributed by atoms with Gasteiger partial charge in [0.2, 0.25) is 0 Å². The number of hydrogen-bond donors (Lipinski definition) is 0. The van der Waals surface area contributed by atoms with Crippen molar-refractivity contribution in [2.45, 2.75) is 5.01 Å². The van der Waals surface area contributed by atoms with E-state index < -0.39 is 0 Å². The van der Waals surface area contributed by atoms with E-state index in [1.807, 2.05) is 4.90 Å². The summed E-state index contributed by atoms with van der Waals surface area (Å²) in [6, 6.07) is 0.669. The Morgan fingerprint density at radius 3 is 3.25 bits per heavy atom. The molecular weight excluding hydrogens is 224 g/mol. The van der Waals surface area contributed by atoms with Crippen molar-refractivity contribution in [2.75, 3.05) is 24.6 Å². The molecule has 0 saturated carbocycles. The Hall–Kier alpha value is -0.550. The Kier molecular flexibility index (Phi) is 2.32. The van der Waals surface area contributed by atoms with Gasteiger partial charge in [-0.05, 0) is 0 Å². The van der Waals surface area contributed by atoms with Crippen LogP contribution in [0.1, 0.15) is 0 Å². The van der Waals surface area contributed by atoms with Gasteiger partial charge in [-0.15, -0.1) is 0 Å². The molecule has 0 aliphatic carbocycles. The summed E-state index contributed by atoms with van der Waals surface area (Å²) >= 11 is 3.38. The molecule has 0 spiro atoms. The van der Waals surface area contributed by atoms with Gasteiger partial charge in [-0.2, -0.15) is 0 Å². The molecule has 0 N–H and O–H groups in total. The van der Waals surface area contributed by atoms with E-state index in [2.05, 4.69) is 20.9 Å². The third-order valence-electron chi connectivity index (χ3n) is 1.71. The molecule has 1 aliphatic rings. The van der Waals surface area contributed by atoms with Gasteiger partial charge < -0.3 is 14.1 Å². The first-order valence-corrected chi connectivity index (χ1v) is 4.68. The summed E-state index contributed by atoms with van der Waals surface area (Å²) < 4.78 is 10.5. The van der Waals surface area contributed by atoms with Gasteiger partial charge in [0.25, 0.3) is 6.01 Å². The third-order valence-corrected chi connectivity index (χ3v) is 2.27. The highest BCUT2D eigenvalue weighted by atomic mass is 79.9. The monoisotopic (exact) mass is 232 g/mol. The Morgan fingerprint density at radius 2 is 2.58 bits per heavy atom. The second kappa shape index (κ2) is 3.45. The summed E-state index contributed by atoms with van der Waals surface area (Å²) in [7, 11) is 0.